The molecule has 0 spiro atoms. The molecule has 3 aromatic rings. The molecule has 3 rings (SSSR count). The summed E-state index contributed by atoms with van der Waals surface area (Å²) in [6, 6.07) is 7.61. The van der Waals surface area contributed by atoms with Crippen molar-refractivity contribution in [3.8, 4) is 0 Å². The molecule has 5 nitrogen and oxygen atoms in total. The molecule has 0 aliphatic rings. The largest absolute Gasteiger partial charge is 0.478 e. The van der Waals surface area contributed by atoms with Gasteiger partial charge in [-0.05, 0) is 49.2 Å². The van der Waals surface area contributed by atoms with Gasteiger partial charge in [0.05, 0.1) is 21.9 Å². The molecule has 0 aliphatic carbocycles. The van der Waals surface area contributed by atoms with Gasteiger partial charge in [0.2, 0.25) is 5.43 Å². The lowest BCUT2D eigenvalue weighted by atomic mass is 9.99. The number of carbonyl (C=O) groups is 2. The van der Waals surface area contributed by atoms with E-state index in [4.69, 9.17) is 9.52 Å². The van der Waals surface area contributed by atoms with Gasteiger partial charge in [0.1, 0.15) is 11.2 Å². The van der Waals surface area contributed by atoms with Gasteiger partial charge in [-0.25, -0.2) is 4.79 Å². The van der Waals surface area contributed by atoms with Gasteiger partial charge in [0.25, 0.3) is 0 Å². The maximum absolute atomic E-state index is 12.8. The zero-order chi connectivity index (χ0) is 17.4. The van der Waals surface area contributed by atoms with Crippen LogP contribution in [0.3, 0.4) is 0 Å². The number of Topliss-reactive ketones (excluding diaryl/α,β-unsaturated/α-hetero) is 1. The predicted octanol–water partition coefficient (Wildman–Crippen LogP) is 3.80. The van der Waals surface area contributed by atoms with E-state index in [9.17, 15) is 14.4 Å². The van der Waals surface area contributed by atoms with E-state index in [0.29, 0.717) is 10.9 Å². The highest BCUT2D eigenvalue weighted by Gasteiger charge is 2.16. The number of hydrogen-bond donors (Lipinski definition) is 1. The Morgan fingerprint density at radius 3 is 2.50 bits per heavy atom. The number of carbonyl (C=O) groups excluding carboxylic acids is 1. The number of carboxylic acids is 1. The second kappa shape index (κ2) is 5.92. The van der Waals surface area contributed by atoms with Crippen LogP contribution >= 0.6 is 0 Å². The first-order valence-electron chi connectivity index (χ1n) is 7.70. The number of fused-ring (bicyclic) bond motifs is 2. The zero-order valence-electron chi connectivity index (χ0n) is 13.4. The molecule has 122 valence electrons. The average molecular weight is 324 g/mol. The number of carboxylic acid groups (broad SMARTS) is 1. The summed E-state index contributed by atoms with van der Waals surface area (Å²) in [6.07, 6.45) is 1.62. The Kier molecular flexibility index (Phi) is 3.93. The quantitative estimate of drug-likeness (QED) is 0.583. The summed E-state index contributed by atoms with van der Waals surface area (Å²) < 4.78 is 5.77. The van der Waals surface area contributed by atoms with E-state index in [1.807, 2.05) is 6.92 Å². The van der Waals surface area contributed by atoms with Crippen molar-refractivity contribution in [2.45, 2.75) is 26.7 Å². The fourth-order valence-electron chi connectivity index (χ4n) is 2.85. The molecular formula is C19H16O5. The third-order valence-electron chi connectivity index (χ3n) is 3.99. The van der Waals surface area contributed by atoms with E-state index in [0.717, 1.165) is 18.4 Å². The van der Waals surface area contributed by atoms with Crippen LogP contribution in [0.5, 0.6) is 0 Å². The lowest BCUT2D eigenvalue weighted by Gasteiger charge is -2.08. The van der Waals surface area contributed by atoms with Gasteiger partial charge < -0.3 is 9.52 Å². The van der Waals surface area contributed by atoms with Gasteiger partial charge in [-0.3, -0.25) is 9.59 Å². The van der Waals surface area contributed by atoms with Crippen LogP contribution in [-0.2, 0) is 6.42 Å². The fourth-order valence-corrected chi connectivity index (χ4v) is 2.85. The van der Waals surface area contributed by atoms with Gasteiger partial charge in [0, 0.05) is 0 Å². The van der Waals surface area contributed by atoms with Gasteiger partial charge in [-0.1, -0.05) is 13.3 Å². The minimum atomic E-state index is -1.11. The van der Waals surface area contributed by atoms with Crippen LogP contribution in [0, 0.1) is 0 Å². The van der Waals surface area contributed by atoms with Crippen molar-refractivity contribution in [1.29, 1.82) is 0 Å². The van der Waals surface area contributed by atoms with Crippen molar-refractivity contribution < 1.29 is 19.1 Å². The van der Waals surface area contributed by atoms with Gasteiger partial charge in [-0.2, -0.15) is 0 Å². The van der Waals surface area contributed by atoms with Crippen LogP contribution in [0.2, 0.25) is 0 Å². The van der Waals surface area contributed by atoms with Crippen LogP contribution in [0.25, 0.3) is 21.9 Å². The fraction of sp³-hybridized carbons (Fsp3) is 0.211. The smallest absolute Gasteiger partial charge is 0.335 e. The van der Waals surface area contributed by atoms with Crippen molar-refractivity contribution in [3.63, 3.8) is 0 Å². The Labute approximate surface area is 137 Å². The van der Waals surface area contributed by atoms with Crippen molar-refractivity contribution in [2.24, 2.45) is 0 Å². The summed E-state index contributed by atoms with van der Waals surface area (Å²) in [5, 5.41) is 9.61. The third-order valence-corrected chi connectivity index (χ3v) is 3.99. The number of rotatable bonds is 4. The van der Waals surface area contributed by atoms with E-state index in [-0.39, 0.29) is 33.3 Å². The Morgan fingerprint density at radius 1 is 1.12 bits per heavy atom. The van der Waals surface area contributed by atoms with Gasteiger partial charge >= 0.3 is 5.97 Å². The third kappa shape index (κ3) is 2.58. The summed E-state index contributed by atoms with van der Waals surface area (Å²) in [6.45, 7) is 3.45. The van der Waals surface area contributed by atoms with Crippen molar-refractivity contribution in [3.05, 3.63) is 57.2 Å². The molecule has 5 heteroatoms. The summed E-state index contributed by atoms with van der Waals surface area (Å²) in [7, 11) is 0. The molecular weight excluding hydrogens is 308 g/mol. The minimum absolute atomic E-state index is 0.0191. The lowest BCUT2D eigenvalue weighted by molar-refractivity contribution is 0.0697. The van der Waals surface area contributed by atoms with Crippen molar-refractivity contribution >= 4 is 33.7 Å². The number of benzene rings is 2. The Hall–Kier alpha value is -2.95. The van der Waals surface area contributed by atoms with E-state index in [1.165, 1.54) is 25.1 Å². The molecule has 1 N–H and O–H groups in total. The topological polar surface area (TPSA) is 84.6 Å². The van der Waals surface area contributed by atoms with Crippen LogP contribution < -0.4 is 5.43 Å². The number of aryl methyl sites for hydroxylation is 1. The normalized spacial score (nSPS) is 11.1. The van der Waals surface area contributed by atoms with Gasteiger partial charge in [-0.15, -0.1) is 0 Å². The Morgan fingerprint density at radius 2 is 1.88 bits per heavy atom. The number of ketones is 1. The Balaban J connectivity index is 2.45. The molecule has 0 radical (unpaired) electrons. The van der Waals surface area contributed by atoms with E-state index in [1.54, 1.807) is 12.1 Å². The zero-order valence-corrected chi connectivity index (χ0v) is 13.4. The number of hydrogen-bond acceptors (Lipinski definition) is 4. The van der Waals surface area contributed by atoms with E-state index in [2.05, 4.69) is 0 Å². The average Bonchev–Trinajstić information content (AvgIpc) is 2.55. The molecule has 0 bridgehead atoms. The summed E-state index contributed by atoms with van der Waals surface area (Å²) in [4.78, 5) is 35.9. The predicted molar refractivity (Wildman–Crippen MR) is 90.9 cm³/mol. The summed E-state index contributed by atoms with van der Waals surface area (Å²) in [5.41, 5.74) is 1.47. The number of aromatic carboxylic acids is 1. The van der Waals surface area contributed by atoms with Gasteiger partial charge in [0.15, 0.2) is 5.78 Å². The lowest BCUT2D eigenvalue weighted by Crippen LogP contribution is -2.08. The molecule has 0 amide bonds. The van der Waals surface area contributed by atoms with Crippen molar-refractivity contribution in [2.75, 3.05) is 0 Å². The van der Waals surface area contributed by atoms with E-state index >= 15 is 0 Å². The van der Waals surface area contributed by atoms with Crippen LogP contribution in [0.15, 0.2) is 39.5 Å². The molecule has 0 atom stereocenters. The first kappa shape index (κ1) is 15.9. The molecule has 1 heterocycles. The van der Waals surface area contributed by atoms with Crippen molar-refractivity contribution in [1.82, 2.24) is 0 Å². The summed E-state index contributed by atoms with van der Waals surface area (Å²) in [5.74, 6) is -1.29. The highest BCUT2D eigenvalue weighted by atomic mass is 16.4. The molecule has 0 saturated heterocycles. The van der Waals surface area contributed by atoms with Crippen LogP contribution in [-0.4, -0.2) is 16.9 Å². The molecule has 2 aromatic carbocycles. The maximum Gasteiger partial charge on any atom is 0.335 e. The molecule has 0 unspecified atom stereocenters. The molecule has 0 saturated carbocycles. The first-order chi connectivity index (χ1) is 11.4. The highest BCUT2D eigenvalue weighted by molar-refractivity contribution is 6.07. The molecule has 24 heavy (non-hydrogen) atoms. The SMILES string of the molecule is CCCc1cc(C(C)=O)c2oc3ccc(C(=O)O)cc3c(=O)c2c1. The maximum atomic E-state index is 12.8. The van der Waals surface area contributed by atoms with Crippen LogP contribution in [0.1, 0.15) is 46.5 Å². The van der Waals surface area contributed by atoms with Crippen LogP contribution in [0.4, 0.5) is 0 Å². The standard InChI is InChI=1S/C19H16O5/c1-3-4-11-7-13(10(2)20)18-15(8-11)17(21)14-9-12(19(22)23)5-6-16(14)24-18/h5-9H,3-4H2,1-2H3,(H,22,23). The monoisotopic (exact) mass is 324 g/mol. The molecule has 1 aromatic heterocycles. The van der Waals surface area contributed by atoms with E-state index < -0.39 is 5.97 Å². The first-order valence-corrected chi connectivity index (χ1v) is 7.70. The Bertz CT molecular complexity index is 1040. The second-order valence-corrected chi connectivity index (χ2v) is 5.77. The second-order valence-electron chi connectivity index (χ2n) is 5.77. The minimum Gasteiger partial charge on any atom is -0.478 e. The molecule has 0 aliphatic heterocycles. The highest BCUT2D eigenvalue weighted by Crippen LogP contribution is 2.25. The summed E-state index contributed by atoms with van der Waals surface area (Å²) >= 11 is 0. The molecule has 0 fully saturated rings.